The number of rotatable bonds is 4. The molecule has 1 aliphatic rings. The van der Waals surface area contributed by atoms with Crippen molar-refractivity contribution in [3.8, 4) is 5.75 Å². The van der Waals surface area contributed by atoms with Crippen molar-refractivity contribution in [1.29, 1.82) is 0 Å². The van der Waals surface area contributed by atoms with Crippen molar-refractivity contribution >= 4 is 21.6 Å². The first-order chi connectivity index (χ1) is 8.94. The highest BCUT2D eigenvalue weighted by Gasteiger charge is 2.14. The quantitative estimate of drug-likeness (QED) is 0.843. The number of benzene rings is 1. The Balaban J connectivity index is 2.05. The predicted octanol–water partition coefficient (Wildman–Crippen LogP) is 0.499. The number of carbonyl (C=O) groups is 1. The summed E-state index contributed by atoms with van der Waals surface area (Å²) < 4.78 is 29.8. The Morgan fingerprint density at radius 3 is 2.95 bits per heavy atom. The molecule has 1 amide bonds. The topological polar surface area (TPSA) is 84.5 Å². The molecule has 0 unspecified atom stereocenters. The van der Waals surface area contributed by atoms with Gasteiger partial charge < -0.3 is 10.1 Å². The summed E-state index contributed by atoms with van der Waals surface area (Å²) in [6, 6.07) is 5.46. The summed E-state index contributed by atoms with van der Waals surface area (Å²) >= 11 is 0. The van der Waals surface area contributed by atoms with E-state index in [1.54, 1.807) is 6.07 Å². The van der Waals surface area contributed by atoms with E-state index in [4.69, 9.17) is 4.74 Å². The van der Waals surface area contributed by atoms with Crippen LogP contribution in [-0.2, 0) is 21.2 Å². The molecule has 7 heteroatoms. The van der Waals surface area contributed by atoms with Crippen molar-refractivity contribution in [3.05, 3.63) is 23.8 Å². The Morgan fingerprint density at radius 1 is 1.42 bits per heavy atom. The molecule has 1 heterocycles. The zero-order chi connectivity index (χ0) is 13.9. The van der Waals surface area contributed by atoms with Crippen molar-refractivity contribution in [2.45, 2.75) is 12.8 Å². The summed E-state index contributed by atoms with van der Waals surface area (Å²) in [5.41, 5.74) is 1.57. The van der Waals surface area contributed by atoms with E-state index in [-0.39, 0.29) is 5.91 Å². The van der Waals surface area contributed by atoms with Crippen LogP contribution in [0.1, 0.15) is 12.0 Å². The minimum Gasteiger partial charge on any atom is -0.491 e. The van der Waals surface area contributed by atoms with Crippen LogP contribution in [0.25, 0.3) is 0 Å². The number of ether oxygens (including phenoxy) is 1. The third kappa shape index (κ3) is 4.22. The predicted molar refractivity (Wildman–Crippen MR) is 71.7 cm³/mol. The lowest BCUT2D eigenvalue weighted by Gasteiger charge is -2.09. The van der Waals surface area contributed by atoms with Crippen LogP contribution < -0.4 is 14.8 Å². The molecule has 2 rings (SSSR count). The SMILES string of the molecule is CS(=O)(=O)NCCc1ccc2c(c1)NC(=O)CCO2. The summed E-state index contributed by atoms with van der Waals surface area (Å²) in [4.78, 5) is 11.4. The molecule has 6 nitrogen and oxygen atoms in total. The Hall–Kier alpha value is -1.60. The average molecular weight is 284 g/mol. The maximum Gasteiger partial charge on any atom is 0.227 e. The van der Waals surface area contributed by atoms with Crippen LogP contribution in [0.3, 0.4) is 0 Å². The van der Waals surface area contributed by atoms with Crippen LogP contribution in [-0.4, -0.2) is 33.7 Å². The van der Waals surface area contributed by atoms with Crippen molar-refractivity contribution in [1.82, 2.24) is 4.72 Å². The zero-order valence-electron chi connectivity index (χ0n) is 10.6. The first-order valence-electron chi connectivity index (χ1n) is 5.94. The lowest BCUT2D eigenvalue weighted by Crippen LogP contribution is -2.24. The number of carbonyl (C=O) groups excluding carboxylic acids is 1. The maximum atomic E-state index is 11.4. The molecule has 104 valence electrons. The molecule has 0 saturated heterocycles. The number of amides is 1. The summed E-state index contributed by atoms with van der Waals surface area (Å²) in [5, 5.41) is 2.77. The van der Waals surface area contributed by atoms with Gasteiger partial charge in [0.1, 0.15) is 5.75 Å². The number of hydrogen-bond donors (Lipinski definition) is 2. The van der Waals surface area contributed by atoms with Gasteiger partial charge in [-0.3, -0.25) is 4.79 Å². The number of anilines is 1. The van der Waals surface area contributed by atoms with Gasteiger partial charge in [-0.05, 0) is 24.1 Å². The lowest BCUT2D eigenvalue weighted by molar-refractivity contribution is -0.116. The van der Waals surface area contributed by atoms with Gasteiger partial charge in [0.15, 0.2) is 0 Å². The van der Waals surface area contributed by atoms with E-state index < -0.39 is 10.0 Å². The van der Waals surface area contributed by atoms with Gasteiger partial charge in [0, 0.05) is 6.54 Å². The fourth-order valence-corrected chi connectivity index (χ4v) is 2.28. The first-order valence-corrected chi connectivity index (χ1v) is 7.83. The lowest BCUT2D eigenvalue weighted by atomic mass is 10.1. The van der Waals surface area contributed by atoms with E-state index in [0.717, 1.165) is 11.8 Å². The molecule has 0 atom stereocenters. The first kappa shape index (κ1) is 13.8. The molecule has 0 radical (unpaired) electrons. The zero-order valence-corrected chi connectivity index (χ0v) is 11.4. The number of hydrogen-bond acceptors (Lipinski definition) is 4. The highest BCUT2D eigenvalue weighted by atomic mass is 32.2. The third-order valence-electron chi connectivity index (χ3n) is 2.68. The van der Waals surface area contributed by atoms with Gasteiger partial charge >= 0.3 is 0 Å². The van der Waals surface area contributed by atoms with Gasteiger partial charge in [0.05, 0.1) is 25.0 Å². The fraction of sp³-hybridized carbons (Fsp3) is 0.417. The largest absolute Gasteiger partial charge is 0.491 e. The average Bonchev–Trinajstić information content (AvgIpc) is 2.47. The molecule has 0 aromatic heterocycles. The normalized spacial score (nSPS) is 15.1. The number of nitrogens with one attached hydrogen (secondary N) is 2. The summed E-state index contributed by atoms with van der Waals surface area (Å²) in [6.07, 6.45) is 2.01. The van der Waals surface area contributed by atoms with E-state index in [0.29, 0.717) is 37.4 Å². The van der Waals surface area contributed by atoms with E-state index in [1.165, 1.54) is 0 Å². The molecule has 1 aromatic carbocycles. The van der Waals surface area contributed by atoms with Crippen LogP contribution >= 0.6 is 0 Å². The van der Waals surface area contributed by atoms with Crippen molar-refractivity contribution in [2.24, 2.45) is 0 Å². The molecule has 0 spiro atoms. The van der Waals surface area contributed by atoms with E-state index in [1.807, 2.05) is 12.1 Å². The Kier molecular flexibility index (Phi) is 4.06. The van der Waals surface area contributed by atoms with Gasteiger partial charge in [-0.25, -0.2) is 13.1 Å². The highest BCUT2D eigenvalue weighted by molar-refractivity contribution is 7.88. The smallest absolute Gasteiger partial charge is 0.227 e. The minimum atomic E-state index is -3.17. The molecule has 0 aliphatic carbocycles. The van der Waals surface area contributed by atoms with Crippen LogP contribution in [0, 0.1) is 0 Å². The second kappa shape index (κ2) is 5.58. The molecule has 0 fully saturated rings. The van der Waals surface area contributed by atoms with Crippen LogP contribution in [0.15, 0.2) is 18.2 Å². The van der Waals surface area contributed by atoms with Gasteiger partial charge in [-0.2, -0.15) is 0 Å². The summed E-state index contributed by atoms with van der Waals surface area (Å²) in [6.45, 7) is 0.695. The molecule has 0 bridgehead atoms. The molecule has 19 heavy (non-hydrogen) atoms. The van der Waals surface area contributed by atoms with Gasteiger partial charge in [-0.15, -0.1) is 0 Å². The van der Waals surface area contributed by atoms with Crippen molar-refractivity contribution in [2.75, 3.05) is 24.7 Å². The monoisotopic (exact) mass is 284 g/mol. The van der Waals surface area contributed by atoms with E-state index in [2.05, 4.69) is 10.0 Å². The minimum absolute atomic E-state index is 0.0786. The van der Waals surface area contributed by atoms with Gasteiger partial charge in [0.25, 0.3) is 0 Å². The Morgan fingerprint density at radius 2 is 2.21 bits per heavy atom. The van der Waals surface area contributed by atoms with Crippen molar-refractivity contribution < 1.29 is 17.9 Å². The molecule has 1 aliphatic heterocycles. The van der Waals surface area contributed by atoms with Gasteiger partial charge in [-0.1, -0.05) is 6.07 Å². The summed E-state index contributed by atoms with van der Waals surface area (Å²) in [5.74, 6) is 0.566. The Bertz CT molecular complexity index is 583. The fourth-order valence-electron chi connectivity index (χ4n) is 1.80. The van der Waals surface area contributed by atoms with Gasteiger partial charge in [0.2, 0.25) is 15.9 Å². The highest BCUT2D eigenvalue weighted by Crippen LogP contribution is 2.28. The van der Waals surface area contributed by atoms with Crippen LogP contribution in [0.5, 0.6) is 5.75 Å². The molecule has 0 saturated carbocycles. The van der Waals surface area contributed by atoms with Crippen LogP contribution in [0.4, 0.5) is 5.69 Å². The molecular weight excluding hydrogens is 268 g/mol. The third-order valence-corrected chi connectivity index (χ3v) is 3.41. The second-order valence-corrected chi connectivity index (χ2v) is 6.23. The number of fused-ring (bicyclic) bond motifs is 1. The van der Waals surface area contributed by atoms with Crippen molar-refractivity contribution in [3.63, 3.8) is 0 Å². The summed E-state index contributed by atoms with van der Waals surface area (Å²) in [7, 11) is -3.17. The molecular formula is C12H16N2O4S. The molecule has 1 aromatic rings. The number of sulfonamides is 1. The Labute approximate surface area is 112 Å². The van der Waals surface area contributed by atoms with E-state index in [9.17, 15) is 13.2 Å². The second-order valence-electron chi connectivity index (χ2n) is 4.39. The van der Waals surface area contributed by atoms with E-state index >= 15 is 0 Å². The van der Waals surface area contributed by atoms with Crippen LogP contribution in [0.2, 0.25) is 0 Å². The standard InChI is InChI=1S/C12H16N2O4S/c1-19(16,17)13-6-4-9-2-3-11-10(8-9)14-12(15)5-7-18-11/h2-3,8,13H,4-7H2,1H3,(H,14,15). The molecule has 2 N–H and O–H groups in total. The maximum absolute atomic E-state index is 11.4.